The predicted octanol–water partition coefficient (Wildman–Crippen LogP) is 2.65. The molecule has 0 heterocycles. The van der Waals surface area contributed by atoms with Crippen LogP contribution in [-0.2, 0) is 0 Å². The Kier molecular flexibility index (Phi) is 3.15. The average Bonchev–Trinajstić information content (AvgIpc) is 2.39. The van der Waals surface area contributed by atoms with Crippen LogP contribution < -0.4 is 0 Å². The Hall–Kier alpha value is -2.16. The van der Waals surface area contributed by atoms with E-state index in [0.717, 1.165) is 16.8 Å². The average molecular weight is 240 g/mol. The summed E-state index contributed by atoms with van der Waals surface area (Å²) < 4.78 is 0. The first-order chi connectivity index (χ1) is 8.61. The second kappa shape index (κ2) is 4.61. The van der Waals surface area contributed by atoms with E-state index in [4.69, 9.17) is 0 Å². The molecule has 3 nitrogen and oxygen atoms in total. The standard InChI is InChI=1S/C15H16N2O/c1-5-17(4)14-10(2)13(16-3)11-8-6-7-9-12(11)15(14)18/h5-9H,1H2,2-4H3. The van der Waals surface area contributed by atoms with Crippen LogP contribution in [0.15, 0.2) is 53.3 Å². The van der Waals surface area contributed by atoms with Gasteiger partial charge in [-0.1, -0.05) is 30.8 Å². The van der Waals surface area contributed by atoms with Crippen LogP contribution in [0.4, 0.5) is 0 Å². The van der Waals surface area contributed by atoms with Crippen molar-refractivity contribution in [1.82, 2.24) is 4.90 Å². The number of carbonyl (C=O) groups excluding carboxylic acids is 1. The molecule has 0 saturated heterocycles. The van der Waals surface area contributed by atoms with Gasteiger partial charge in [-0.3, -0.25) is 9.79 Å². The van der Waals surface area contributed by atoms with Crippen LogP contribution >= 0.6 is 0 Å². The number of carbonyl (C=O) groups is 1. The maximum atomic E-state index is 12.5. The molecule has 2 rings (SSSR count). The van der Waals surface area contributed by atoms with Gasteiger partial charge in [0.2, 0.25) is 5.78 Å². The van der Waals surface area contributed by atoms with Crippen molar-refractivity contribution >= 4 is 11.5 Å². The quantitative estimate of drug-likeness (QED) is 0.796. The molecule has 0 saturated carbocycles. The molecule has 0 radical (unpaired) electrons. The van der Waals surface area contributed by atoms with Crippen molar-refractivity contribution in [2.24, 2.45) is 4.99 Å². The Morgan fingerprint density at radius 3 is 2.44 bits per heavy atom. The maximum Gasteiger partial charge on any atom is 0.210 e. The third-order valence-electron chi connectivity index (χ3n) is 3.20. The molecule has 0 amide bonds. The van der Waals surface area contributed by atoms with Crippen molar-refractivity contribution in [2.75, 3.05) is 14.1 Å². The molecule has 1 aromatic rings. The van der Waals surface area contributed by atoms with Crippen molar-refractivity contribution in [3.8, 4) is 0 Å². The van der Waals surface area contributed by atoms with Gasteiger partial charge in [0.05, 0.1) is 11.4 Å². The van der Waals surface area contributed by atoms with Crippen LogP contribution in [0.2, 0.25) is 0 Å². The van der Waals surface area contributed by atoms with Crippen LogP contribution in [0.5, 0.6) is 0 Å². The number of allylic oxidation sites excluding steroid dienone is 2. The third kappa shape index (κ3) is 1.68. The molecule has 0 aromatic heterocycles. The van der Waals surface area contributed by atoms with E-state index in [0.29, 0.717) is 11.3 Å². The van der Waals surface area contributed by atoms with Crippen LogP contribution in [0, 0.1) is 0 Å². The normalized spacial score (nSPS) is 16.8. The molecule has 1 aliphatic carbocycles. The molecule has 1 aromatic carbocycles. The van der Waals surface area contributed by atoms with Gasteiger partial charge in [-0.05, 0) is 13.1 Å². The second-order valence-electron chi connectivity index (χ2n) is 4.21. The van der Waals surface area contributed by atoms with E-state index in [9.17, 15) is 4.79 Å². The molecule has 3 heteroatoms. The third-order valence-corrected chi connectivity index (χ3v) is 3.20. The number of nitrogens with zero attached hydrogens (tertiary/aromatic N) is 2. The van der Waals surface area contributed by atoms with Crippen molar-refractivity contribution in [3.05, 3.63) is 59.4 Å². The molecule has 0 unspecified atom stereocenters. The van der Waals surface area contributed by atoms with Gasteiger partial charge in [-0.25, -0.2) is 0 Å². The maximum absolute atomic E-state index is 12.5. The monoisotopic (exact) mass is 240 g/mol. The van der Waals surface area contributed by atoms with Crippen molar-refractivity contribution in [3.63, 3.8) is 0 Å². The molecule has 0 atom stereocenters. The topological polar surface area (TPSA) is 32.7 Å². The number of hydrogen-bond acceptors (Lipinski definition) is 3. The SMILES string of the molecule is C=CN(C)C1=C(C)C(=NC)c2ccccc2C1=O. The molecule has 18 heavy (non-hydrogen) atoms. The zero-order valence-electron chi connectivity index (χ0n) is 10.9. The van der Waals surface area contributed by atoms with E-state index in [1.165, 1.54) is 0 Å². The lowest BCUT2D eigenvalue weighted by Crippen LogP contribution is -2.28. The largest absolute Gasteiger partial charge is 0.348 e. The second-order valence-corrected chi connectivity index (χ2v) is 4.21. The molecular weight excluding hydrogens is 224 g/mol. The number of aliphatic imine (C=N–C) groups is 1. The van der Waals surface area contributed by atoms with Gasteiger partial charge < -0.3 is 4.90 Å². The number of hydrogen-bond donors (Lipinski definition) is 0. The molecule has 0 bridgehead atoms. The summed E-state index contributed by atoms with van der Waals surface area (Å²) in [6.45, 7) is 5.63. The van der Waals surface area contributed by atoms with Gasteiger partial charge in [0.1, 0.15) is 0 Å². The Morgan fingerprint density at radius 2 is 1.89 bits per heavy atom. The highest BCUT2D eigenvalue weighted by Gasteiger charge is 2.29. The highest BCUT2D eigenvalue weighted by molar-refractivity contribution is 6.28. The Labute approximate surface area is 107 Å². The summed E-state index contributed by atoms with van der Waals surface area (Å²) in [6, 6.07) is 7.57. The van der Waals surface area contributed by atoms with Gasteiger partial charge in [-0.2, -0.15) is 0 Å². The molecule has 0 fully saturated rings. The van der Waals surface area contributed by atoms with Gasteiger partial charge in [0.15, 0.2) is 0 Å². The molecule has 0 N–H and O–H groups in total. The molecule has 0 spiro atoms. The highest BCUT2D eigenvalue weighted by atomic mass is 16.1. The van der Waals surface area contributed by atoms with Gasteiger partial charge >= 0.3 is 0 Å². The zero-order chi connectivity index (χ0) is 13.3. The van der Waals surface area contributed by atoms with Gasteiger partial charge in [-0.15, -0.1) is 0 Å². The number of benzene rings is 1. The minimum Gasteiger partial charge on any atom is -0.348 e. The van der Waals surface area contributed by atoms with Crippen LogP contribution in [0.25, 0.3) is 0 Å². The summed E-state index contributed by atoms with van der Waals surface area (Å²) in [5.74, 6) is 0.0258. The summed E-state index contributed by atoms with van der Waals surface area (Å²) in [7, 11) is 3.57. The number of likely N-dealkylation sites (N-methyl/N-ethyl adjacent to an activating group) is 1. The van der Waals surface area contributed by atoms with E-state index < -0.39 is 0 Å². The van der Waals surface area contributed by atoms with Crippen molar-refractivity contribution < 1.29 is 4.79 Å². The van der Waals surface area contributed by atoms with E-state index in [1.807, 2.05) is 38.2 Å². The summed E-state index contributed by atoms with van der Waals surface area (Å²) in [5.41, 5.74) is 4.01. The summed E-state index contributed by atoms with van der Waals surface area (Å²) in [5, 5.41) is 0. The minimum atomic E-state index is 0.0258. The smallest absolute Gasteiger partial charge is 0.210 e. The number of ketones is 1. The van der Waals surface area contributed by atoms with Crippen LogP contribution in [0.3, 0.4) is 0 Å². The summed E-state index contributed by atoms with van der Waals surface area (Å²) in [4.78, 5) is 18.6. The first-order valence-corrected chi connectivity index (χ1v) is 5.79. The molecular formula is C15H16N2O. The zero-order valence-corrected chi connectivity index (χ0v) is 10.9. The lowest BCUT2D eigenvalue weighted by Gasteiger charge is -2.26. The van der Waals surface area contributed by atoms with Crippen molar-refractivity contribution in [2.45, 2.75) is 6.92 Å². The number of Topliss-reactive ketones (excluding diaryl/α,β-unsaturated/α-hetero) is 1. The lowest BCUT2D eigenvalue weighted by molar-refractivity contribution is 0.101. The van der Waals surface area contributed by atoms with E-state index in [1.54, 1.807) is 18.1 Å². The Bertz CT molecular complexity index is 582. The van der Waals surface area contributed by atoms with E-state index >= 15 is 0 Å². The fraction of sp³-hybridized carbons (Fsp3) is 0.200. The van der Waals surface area contributed by atoms with Crippen LogP contribution in [0.1, 0.15) is 22.8 Å². The number of rotatable bonds is 2. The Morgan fingerprint density at radius 1 is 1.28 bits per heavy atom. The van der Waals surface area contributed by atoms with E-state index in [2.05, 4.69) is 11.6 Å². The minimum absolute atomic E-state index is 0.0258. The van der Waals surface area contributed by atoms with Crippen molar-refractivity contribution in [1.29, 1.82) is 0 Å². The number of fused-ring (bicyclic) bond motifs is 1. The fourth-order valence-corrected chi connectivity index (χ4v) is 2.30. The van der Waals surface area contributed by atoms with Crippen LogP contribution in [-0.4, -0.2) is 30.5 Å². The first kappa shape index (κ1) is 12.3. The Balaban J connectivity index is 2.72. The summed E-state index contributed by atoms with van der Waals surface area (Å²) in [6.07, 6.45) is 1.64. The van der Waals surface area contributed by atoms with Gasteiger partial charge in [0.25, 0.3) is 0 Å². The van der Waals surface area contributed by atoms with Gasteiger partial charge in [0, 0.05) is 30.8 Å². The lowest BCUT2D eigenvalue weighted by atomic mass is 9.87. The fourth-order valence-electron chi connectivity index (χ4n) is 2.30. The predicted molar refractivity (Wildman–Crippen MR) is 73.9 cm³/mol. The molecule has 0 aliphatic heterocycles. The first-order valence-electron chi connectivity index (χ1n) is 5.79. The van der Waals surface area contributed by atoms with E-state index in [-0.39, 0.29) is 5.78 Å². The highest BCUT2D eigenvalue weighted by Crippen LogP contribution is 2.28. The molecule has 1 aliphatic rings. The summed E-state index contributed by atoms with van der Waals surface area (Å²) >= 11 is 0. The molecule has 92 valence electrons.